The van der Waals surface area contributed by atoms with Gasteiger partial charge in [0.25, 0.3) is 10.0 Å². The van der Waals surface area contributed by atoms with Gasteiger partial charge in [-0.05, 0) is 77.0 Å². The van der Waals surface area contributed by atoms with Crippen LogP contribution in [0.1, 0.15) is 23.1 Å². The van der Waals surface area contributed by atoms with Crippen LogP contribution >= 0.6 is 15.9 Å². The summed E-state index contributed by atoms with van der Waals surface area (Å²) in [5.74, 6) is 0.360. The average molecular weight is 367 g/mol. The number of hydrogen-bond acceptors (Lipinski definition) is 3. The predicted octanol–water partition coefficient (Wildman–Crippen LogP) is 3.44. The number of hydrogen-bond donors (Lipinski definition) is 1. The Bertz CT molecular complexity index is 803. The third-order valence-electron chi connectivity index (χ3n) is 3.66. The molecule has 0 spiro atoms. The van der Waals surface area contributed by atoms with Crippen LogP contribution in [0, 0.1) is 6.92 Å². The molecule has 2 aromatic rings. The van der Waals surface area contributed by atoms with Gasteiger partial charge in [0.1, 0.15) is 5.82 Å². The molecule has 0 saturated carbocycles. The van der Waals surface area contributed by atoms with E-state index in [0.717, 1.165) is 34.9 Å². The monoisotopic (exact) mass is 366 g/mol. The lowest BCUT2D eigenvalue weighted by Gasteiger charge is -2.11. The smallest absolute Gasteiger partial charge is 0.263 e. The first kappa shape index (κ1) is 14.5. The first-order valence-corrected chi connectivity index (χ1v) is 9.00. The molecule has 0 atom stereocenters. The fourth-order valence-electron chi connectivity index (χ4n) is 2.55. The van der Waals surface area contributed by atoms with Crippen LogP contribution in [0.5, 0.6) is 0 Å². The summed E-state index contributed by atoms with van der Waals surface area (Å²) < 4.78 is 28.3. The SMILES string of the molecule is Cc1cc(Br)cnc1NS(=O)(=O)c1ccc2c(c1)CCC2. The van der Waals surface area contributed by atoms with Gasteiger partial charge in [-0.25, -0.2) is 13.4 Å². The van der Waals surface area contributed by atoms with Crippen LogP contribution in [0.3, 0.4) is 0 Å². The Morgan fingerprint density at radius 3 is 2.71 bits per heavy atom. The van der Waals surface area contributed by atoms with E-state index in [0.29, 0.717) is 10.7 Å². The van der Waals surface area contributed by atoms with Crippen molar-refractivity contribution in [2.75, 3.05) is 4.72 Å². The van der Waals surface area contributed by atoms with Gasteiger partial charge in [0.15, 0.2) is 0 Å². The number of fused-ring (bicyclic) bond motifs is 1. The van der Waals surface area contributed by atoms with Crippen LogP contribution in [-0.2, 0) is 22.9 Å². The minimum atomic E-state index is -3.60. The van der Waals surface area contributed by atoms with Crippen molar-refractivity contribution < 1.29 is 8.42 Å². The summed E-state index contributed by atoms with van der Waals surface area (Å²) in [7, 11) is -3.60. The van der Waals surface area contributed by atoms with Crippen LogP contribution in [0.25, 0.3) is 0 Å². The Morgan fingerprint density at radius 1 is 1.19 bits per heavy atom. The summed E-state index contributed by atoms with van der Waals surface area (Å²) in [6.45, 7) is 1.82. The number of sulfonamides is 1. The van der Waals surface area contributed by atoms with Crippen LogP contribution in [0.15, 0.2) is 39.8 Å². The maximum Gasteiger partial charge on any atom is 0.263 e. The maximum atomic E-state index is 12.5. The second kappa shape index (κ2) is 5.42. The number of pyridine rings is 1. The molecule has 21 heavy (non-hydrogen) atoms. The van der Waals surface area contributed by atoms with Crippen molar-refractivity contribution in [1.29, 1.82) is 0 Å². The largest absolute Gasteiger partial charge is 0.263 e. The molecule has 6 heteroatoms. The Morgan fingerprint density at radius 2 is 1.95 bits per heavy atom. The minimum absolute atomic E-state index is 0.298. The molecule has 0 bridgehead atoms. The highest BCUT2D eigenvalue weighted by Crippen LogP contribution is 2.26. The lowest BCUT2D eigenvalue weighted by Crippen LogP contribution is -2.15. The summed E-state index contributed by atoms with van der Waals surface area (Å²) in [5.41, 5.74) is 3.17. The lowest BCUT2D eigenvalue weighted by atomic mass is 10.1. The van der Waals surface area contributed by atoms with Crippen molar-refractivity contribution in [3.8, 4) is 0 Å². The number of nitrogens with zero attached hydrogens (tertiary/aromatic N) is 1. The van der Waals surface area contributed by atoms with Gasteiger partial charge in [-0.2, -0.15) is 0 Å². The standard InChI is InChI=1S/C15H15BrN2O2S/c1-10-7-13(16)9-17-15(10)18-21(19,20)14-6-5-11-3-2-4-12(11)8-14/h5-9H,2-4H2,1H3,(H,17,18). The van der Waals surface area contributed by atoms with E-state index in [1.165, 1.54) is 5.56 Å². The minimum Gasteiger partial charge on any atom is -0.263 e. The Balaban J connectivity index is 1.93. The number of aromatic nitrogens is 1. The molecular weight excluding hydrogens is 352 g/mol. The molecule has 0 amide bonds. The highest BCUT2D eigenvalue weighted by Gasteiger charge is 2.19. The van der Waals surface area contributed by atoms with Crippen molar-refractivity contribution in [2.45, 2.75) is 31.1 Å². The second-order valence-corrected chi connectivity index (χ2v) is 7.81. The van der Waals surface area contributed by atoms with Crippen molar-refractivity contribution in [3.05, 3.63) is 51.6 Å². The number of nitrogens with one attached hydrogen (secondary N) is 1. The summed E-state index contributed by atoms with van der Waals surface area (Å²) in [6, 6.07) is 7.19. The zero-order chi connectivity index (χ0) is 15.0. The maximum absolute atomic E-state index is 12.5. The third-order valence-corrected chi connectivity index (χ3v) is 5.43. The van der Waals surface area contributed by atoms with Gasteiger partial charge in [0, 0.05) is 10.7 Å². The van der Waals surface area contributed by atoms with Gasteiger partial charge in [-0.15, -0.1) is 0 Å². The molecule has 1 N–H and O–H groups in total. The quantitative estimate of drug-likeness (QED) is 0.904. The average Bonchev–Trinajstić information content (AvgIpc) is 2.89. The fourth-order valence-corrected chi connectivity index (χ4v) is 4.13. The number of anilines is 1. The molecule has 1 aliphatic carbocycles. The summed E-state index contributed by atoms with van der Waals surface area (Å²) in [5, 5.41) is 0. The third kappa shape index (κ3) is 2.96. The zero-order valence-corrected chi connectivity index (χ0v) is 14.0. The van der Waals surface area contributed by atoms with Crippen LogP contribution in [0.2, 0.25) is 0 Å². The van der Waals surface area contributed by atoms with Gasteiger partial charge in [-0.3, -0.25) is 4.72 Å². The van der Waals surface area contributed by atoms with E-state index >= 15 is 0 Å². The molecule has 0 aliphatic heterocycles. The number of rotatable bonds is 3. The van der Waals surface area contributed by atoms with Crippen molar-refractivity contribution >= 4 is 31.8 Å². The topological polar surface area (TPSA) is 59.1 Å². The molecule has 4 nitrogen and oxygen atoms in total. The molecular formula is C15H15BrN2O2S. The van der Waals surface area contributed by atoms with Crippen LogP contribution in [0.4, 0.5) is 5.82 Å². The van der Waals surface area contributed by atoms with Gasteiger partial charge in [0.2, 0.25) is 0 Å². The molecule has 0 saturated heterocycles. The Labute approximate surface area is 132 Å². The first-order valence-electron chi connectivity index (χ1n) is 6.72. The van der Waals surface area contributed by atoms with E-state index in [1.54, 1.807) is 18.3 Å². The molecule has 3 rings (SSSR count). The fraction of sp³-hybridized carbons (Fsp3) is 0.267. The van der Waals surface area contributed by atoms with E-state index in [-0.39, 0.29) is 0 Å². The normalized spacial score (nSPS) is 14.0. The van der Waals surface area contributed by atoms with E-state index in [1.807, 2.05) is 19.1 Å². The number of halogens is 1. The van der Waals surface area contributed by atoms with E-state index in [2.05, 4.69) is 25.6 Å². The van der Waals surface area contributed by atoms with Crippen molar-refractivity contribution in [1.82, 2.24) is 4.98 Å². The van der Waals surface area contributed by atoms with E-state index < -0.39 is 10.0 Å². The molecule has 1 aliphatic rings. The molecule has 1 aromatic carbocycles. The van der Waals surface area contributed by atoms with Crippen LogP contribution < -0.4 is 4.72 Å². The highest BCUT2D eigenvalue weighted by atomic mass is 79.9. The predicted molar refractivity (Wildman–Crippen MR) is 85.9 cm³/mol. The van der Waals surface area contributed by atoms with Gasteiger partial charge in [-0.1, -0.05) is 6.07 Å². The first-order chi connectivity index (χ1) is 9.95. The van der Waals surface area contributed by atoms with E-state index in [4.69, 9.17) is 0 Å². The van der Waals surface area contributed by atoms with E-state index in [9.17, 15) is 8.42 Å². The van der Waals surface area contributed by atoms with Gasteiger partial charge >= 0.3 is 0 Å². The lowest BCUT2D eigenvalue weighted by molar-refractivity contribution is 0.601. The second-order valence-electron chi connectivity index (χ2n) is 5.21. The van der Waals surface area contributed by atoms with Crippen LogP contribution in [-0.4, -0.2) is 13.4 Å². The van der Waals surface area contributed by atoms with Gasteiger partial charge in [0.05, 0.1) is 4.90 Å². The molecule has 0 fully saturated rings. The summed E-state index contributed by atoms with van der Waals surface area (Å²) >= 11 is 3.31. The van der Waals surface area contributed by atoms with Crippen molar-refractivity contribution in [3.63, 3.8) is 0 Å². The number of benzene rings is 1. The summed E-state index contributed by atoms with van der Waals surface area (Å²) in [6.07, 6.45) is 4.66. The molecule has 0 radical (unpaired) electrons. The van der Waals surface area contributed by atoms with Crippen molar-refractivity contribution in [2.24, 2.45) is 0 Å². The molecule has 1 heterocycles. The zero-order valence-electron chi connectivity index (χ0n) is 11.6. The molecule has 110 valence electrons. The number of aryl methyl sites for hydroxylation is 3. The molecule has 0 unspecified atom stereocenters. The molecule has 1 aromatic heterocycles. The Kier molecular flexibility index (Phi) is 3.75. The van der Waals surface area contributed by atoms with Gasteiger partial charge < -0.3 is 0 Å². The Hall–Kier alpha value is -1.40. The highest BCUT2D eigenvalue weighted by molar-refractivity contribution is 9.10. The summed E-state index contributed by atoms with van der Waals surface area (Å²) in [4.78, 5) is 4.42.